The van der Waals surface area contributed by atoms with Crippen molar-refractivity contribution >= 4 is 11.3 Å². The van der Waals surface area contributed by atoms with Crippen LogP contribution >= 0.6 is 11.3 Å². The van der Waals surface area contributed by atoms with Gasteiger partial charge in [-0.2, -0.15) is 0 Å². The van der Waals surface area contributed by atoms with E-state index in [2.05, 4.69) is 11.8 Å². The Morgan fingerprint density at radius 1 is 1.53 bits per heavy atom. The maximum atomic E-state index is 11.7. The summed E-state index contributed by atoms with van der Waals surface area (Å²) in [5, 5.41) is 10.3. The summed E-state index contributed by atoms with van der Waals surface area (Å²) < 4.78 is 28.2. The summed E-state index contributed by atoms with van der Waals surface area (Å²) >= 11 is 1.40. The molecule has 0 saturated heterocycles. The SMILES string of the molecule is OCC#Cc1csc(COCC(F)F)c1. The van der Waals surface area contributed by atoms with Crippen molar-refractivity contribution in [2.75, 3.05) is 13.2 Å². The average Bonchev–Trinajstić information content (AvgIpc) is 2.62. The average molecular weight is 232 g/mol. The van der Waals surface area contributed by atoms with Crippen molar-refractivity contribution in [3.8, 4) is 11.8 Å². The number of alkyl halides is 2. The lowest BCUT2D eigenvalue weighted by atomic mass is 10.3. The molecule has 2 nitrogen and oxygen atoms in total. The van der Waals surface area contributed by atoms with Gasteiger partial charge in [0.2, 0.25) is 0 Å². The van der Waals surface area contributed by atoms with E-state index in [1.54, 1.807) is 11.4 Å². The summed E-state index contributed by atoms with van der Waals surface area (Å²) in [4.78, 5) is 0.845. The second-order valence-electron chi connectivity index (χ2n) is 2.67. The monoisotopic (exact) mass is 232 g/mol. The summed E-state index contributed by atoms with van der Waals surface area (Å²) in [6.45, 7) is -0.557. The predicted octanol–water partition coefficient (Wildman–Crippen LogP) is 1.87. The van der Waals surface area contributed by atoms with Gasteiger partial charge in [-0.05, 0) is 6.07 Å². The second-order valence-corrected chi connectivity index (χ2v) is 3.66. The molecule has 0 unspecified atom stereocenters. The van der Waals surface area contributed by atoms with Gasteiger partial charge >= 0.3 is 0 Å². The largest absolute Gasteiger partial charge is 0.384 e. The fourth-order valence-corrected chi connectivity index (χ4v) is 1.66. The molecule has 0 atom stereocenters. The van der Waals surface area contributed by atoms with Crippen LogP contribution in [0.4, 0.5) is 8.78 Å². The van der Waals surface area contributed by atoms with Gasteiger partial charge in [0.05, 0.1) is 6.61 Å². The minimum atomic E-state index is -2.43. The molecule has 0 aliphatic heterocycles. The summed E-state index contributed by atoms with van der Waals surface area (Å²) in [6, 6.07) is 1.76. The lowest BCUT2D eigenvalue weighted by molar-refractivity contribution is 0.0108. The van der Waals surface area contributed by atoms with Gasteiger partial charge in [-0.1, -0.05) is 11.8 Å². The minimum Gasteiger partial charge on any atom is -0.384 e. The van der Waals surface area contributed by atoms with Crippen molar-refractivity contribution in [2.24, 2.45) is 0 Å². The van der Waals surface area contributed by atoms with Crippen LogP contribution in [0.3, 0.4) is 0 Å². The molecule has 0 aliphatic rings. The Hall–Kier alpha value is -0.960. The highest BCUT2D eigenvalue weighted by Gasteiger charge is 2.03. The van der Waals surface area contributed by atoms with Crippen molar-refractivity contribution in [1.82, 2.24) is 0 Å². The van der Waals surface area contributed by atoms with E-state index >= 15 is 0 Å². The van der Waals surface area contributed by atoms with E-state index in [9.17, 15) is 8.78 Å². The molecule has 0 aromatic carbocycles. The molecule has 15 heavy (non-hydrogen) atoms. The molecule has 1 aromatic heterocycles. The molecule has 0 spiro atoms. The first-order valence-corrected chi connectivity index (χ1v) is 5.13. The third-order valence-corrected chi connectivity index (χ3v) is 2.36. The molecule has 82 valence electrons. The van der Waals surface area contributed by atoms with Crippen LogP contribution in [0.1, 0.15) is 10.4 Å². The molecule has 0 saturated carbocycles. The smallest absolute Gasteiger partial charge is 0.261 e. The lowest BCUT2D eigenvalue weighted by Gasteiger charge is -1.99. The highest BCUT2D eigenvalue weighted by atomic mass is 32.1. The molecule has 0 amide bonds. The molecule has 0 bridgehead atoms. The first-order valence-electron chi connectivity index (χ1n) is 4.25. The van der Waals surface area contributed by atoms with E-state index in [1.165, 1.54) is 11.3 Å². The van der Waals surface area contributed by atoms with Crippen LogP contribution in [0.5, 0.6) is 0 Å². The van der Waals surface area contributed by atoms with E-state index in [0.717, 1.165) is 10.4 Å². The molecule has 1 N–H and O–H groups in total. The van der Waals surface area contributed by atoms with Gasteiger partial charge < -0.3 is 9.84 Å². The third-order valence-electron chi connectivity index (χ3n) is 1.45. The zero-order chi connectivity index (χ0) is 11.1. The highest BCUT2D eigenvalue weighted by Crippen LogP contribution is 2.15. The maximum Gasteiger partial charge on any atom is 0.261 e. The van der Waals surface area contributed by atoms with Gasteiger partial charge in [0.15, 0.2) is 0 Å². The standard InChI is InChI=1S/C10H10F2O2S/c11-10(12)6-14-5-9-4-8(7-15-9)2-1-3-13/h4,7,10,13H,3,5-6H2. The third kappa shape index (κ3) is 4.88. The molecule has 0 fully saturated rings. The van der Waals surface area contributed by atoms with Crippen molar-refractivity contribution in [1.29, 1.82) is 0 Å². The van der Waals surface area contributed by atoms with Crippen LogP contribution in [-0.4, -0.2) is 24.7 Å². The summed E-state index contributed by atoms with van der Waals surface area (Å²) in [5.74, 6) is 5.22. The van der Waals surface area contributed by atoms with E-state index < -0.39 is 13.0 Å². The van der Waals surface area contributed by atoms with Crippen LogP contribution < -0.4 is 0 Å². The zero-order valence-electron chi connectivity index (χ0n) is 7.87. The Morgan fingerprint density at radius 2 is 2.33 bits per heavy atom. The van der Waals surface area contributed by atoms with E-state index in [4.69, 9.17) is 9.84 Å². The fourth-order valence-electron chi connectivity index (χ4n) is 0.912. The maximum absolute atomic E-state index is 11.7. The van der Waals surface area contributed by atoms with Gasteiger partial charge in [-0.15, -0.1) is 11.3 Å². The van der Waals surface area contributed by atoms with E-state index in [1.807, 2.05) is 0 Å². The van der Waals surface area contributed by atoms with Crippen LogP contribution in [-0.2, 0) is 11.3 Å². The number of hydrogen-bond acceptors (Lipinski definition) is 3. The Balaban J connectivity index is 2.39. The highest BCUT2D eigenvalue weighted by molar-refractivity contribution is 7.10. The van der Waals surface area contributed by atoms with Gasteiger partial charge in [-0.3, -0.25) is 0 Å². The van der Waals surface area contributed by atoms with E-state index in [0.29, 0.717) is 0 Å². The number of hydrogen-bond donors (Lipinski definition) is 1. The van der Waals surface area contributed by atoms with Gasteiger partial charge in [0.25, 0.3) is 6.43 Å². The fraction of sp³-hybridized carbons (Fsp3) is 0.400. The first kappa shape index (κ1) is 12.1. The summed E-state index contributed by atoms with van der Waals surface area (Å²) in [6.07, 6.45) is -2.43. The molecule has 0 radical (unpaired) electrons. The molecule has 1 rings (SSSR count). The Bertz CT molecular complexity index is 352. The number of aliphatic hydroxyl groups excluding tert-OH is 1. The number of thiophene rings is 1. The Kier molecular flexibility index (Phi) is 5.26. The number of ether oxygens (including phenoxy) is 1. The van der Waals surface area contributed by atoms with Crippen molar-refractivity contribution in [3.63, 3.8) is 0 Å². The molecule has 1 aromatic rings. The molecule has 1 heterocycles. The number of rotatable bonds is 4. The summed E-state index contributed by atoms with van der Waals surface area (Å²) in [7, 11) is 0. The predicted molar refractivity (Wildman–Crippen MR) is 53.9 cm³/mol. The molecule has 5 heteroatoms. The van der Waals surface area contributed by atoms with Crippen molar-refractivity contribution in [2.45, 2.75) is 13.0 Å². The quantitative estimate of drug-likeness (QED) is 0.803. The normalized spacial score (nSPS) is 10.1. The number of aliphatic hydroxyl groups is 1. The topological polar surface area (TPSA) is 29.5 Å². The molecule has 0 aliphatic carbocycles. The van der Waals surface area contributed by atoms with Gasteiger partial charge in [-0.25, -0.2) is 8.78 Å². The zero-order valence-corrected chi connectivity index (χ0v) is 8.69. The minimum absolute atomic E-state index is 0.176. The van der Waals surface area contributed by atoms with Crippen molar-refractivity contribution in [3.05, 3.63) is 21.9 Å². The van der Waals surface area contributed by atoms with Gasteiger partial charge in [0, 0.05) is 15.8 Å². The van der Waals surface area contributed by atoms with Crippen LogP contribution in [0, 0.1) is 11.8 Å². The summed E-state index contributed by atoms with van der Waals surface area (Å²) in [5.41, 5.74) is 0.768. The van der Waals surface area contributed by atoms with E-state index in [-0.39, 0.29) is 13.2 Å². The second kappa shape index (κ2) is 6.51. The Labute approximate surface area is 90.5 Å². The first-order chi connectivity index (χ1) is 7.22. The van der Waals surface area contributed by atoms with Gasteiger partial charge in [0.1, 0.15) is 13.2 Å². The Morgan fingerprint density at radius 3 is 3.00 bits per heavy atom. The van der Waals surface area contributed by atoms with Crippen LogP contribution in [0.25, 0.3) is 0 Å². The number of halogens is 2. The molecular weight excluding hydrogens is 222 g/mol. The van der Waals surface area contributed by atoms with Crippen LogP contribution in [0.15, 0.2) is 11.4 Å². The lowest BCUT2D eigenvalue weighted by Crippen LogP contribution is -2.03. The molecular formula is C10H10F2O2S. The van der Waals surface area contributed by atoms with Crippen molar-refractivity contribution < 1.29 is 18.6 Å². The van der Waals surface area contributed by atoms with Crippen LogP contribution in [0.2, 0.25) is 0 Å².